The highest BCUT2D eigenvalue weighted by molar-refractivity contribution is 7.99. The van der Waals surface area contributed by atoms with Crippen LogP contribution in [0.25, 0.3) is 0 Å². The summed E-state index contributed by atoms with van der Waals surface area (Å²) in [5, 5.41) is 0.652. The molecule has 1 aromatic heterocycles. The van der Waals surface area contributed by atoms with Crippen LogP contribution in [0, 0.1) is 0 Å². The Labute approximate surface area is 153 Å². The van der Waals surface area contributed by atoms with E-state index in [0.717, 1.165) is 25.9 Å². The third-order valence-corrected chi connectivity index (χ3v) is 5.16. The van der Waals surface area contributed by atoms with E-state index in [4.69, 9.17) is 0 Å². The van der Waals surface area contributed by atoms with Gasteiger partial charge in [-0.25, -0.2) is 9.97 Å². The molecule has 5 nitrogen and oxygen atoms in total. The number of carbonyl (C=O) groups is 1. The van der Waals surface area contributed by atoms with E-state index in [1.807, 2.05) is 4.90 Å². The number of amides is 1. The number of benzene rings is 1. The van der Waals surface area contributed by atoms with Crippen LogP contribution in [0.15, 0.2) is 47.9 Å². The van der Waals surface area contributed by atoms with Crippen LogP contribution in [0.2, 0.25) is 0 Å². The number of hydrogen-bond donors (Lipinski definition) is 0. The zero-order chi connectivity index (χ0) is 17.6. The molecule has 0 saturated carbocycles. The summed E-state index contributed by atoms with van der Waals surface area (Å²) in [5.74, 6) is 0.552. The molecule has 1 aliphatic rings. The largest absolute Gasteiger partial charge is 0.335 e. The van der Waals surface area contributed by atoms with E-state index in [2.05, 4.69) is 53.2 Å². The van der Waals surface area contributed by atoms with E-state index in [1.165, 1.54) is 22.9 Å². The second-order valence-corrected chi connectivity index (χ2v) is 7.49. The fraction of sp³-hybridized carbons (Fsp3) is 0.421. The molecule has 0 bridgehead atoms. The number of likely N-dealkylation sites (tertiary alicyclic amines) is 1. The molecule has 0 radical (unpaired) electrons. The highest BCUT2D eigenvalue weighted by atomic mass is 32.2. The average Bonchev–Trinajstić information content (AvgIpc) is 3.10. The maximum atomic E-state index is 12.7. The van der Waals surface area contributed by atoms with Gasteiger partial charge in [-0.05, 0) is 44.1 Å². The van der Waals surface area contributed by atoms with Crippen LogP contribution in [0.5, 0.6) is 0 Å². The lowest BCUT2D eigenvalue weighted by molar-refractivity contribution is -0.129. The van der Waals surface area contributed by atoms with Crippen molar-refractivity contribution < 1.29 is 4.79 Å². The number of thioether (sulfide) groups is 1. The van der Waals surface area contributed by atoms with E-state index >= 15 is 0 Å². The van der Waals surface area contributed by atoms with Gasteiger partial charge < -0.3 is 9.80 Å². The smallest absolute Gasteiger partial charge is 0.233 e. The monoisotopic (exact) mass is 356 g/mol. The standard InChI is InChI=1S/C19H24N4OS/c1-22(2)13-15-6-8-16(9-7-15)17-5-3-12-23(17)18(24)14-25-19-20-10-4-11-21-19/h4,6-11,17H,3,5,12-14H2,1-2H3. The van der Waals surface area contributed by atoms with Crippen LogP contribution in [0.3, 0.4) is 0 Å². The fourth-order valence-corrected chi connectivity index (χ4v) is 3.88. The second-order valence-electron chi connectivity index (χ2n) is 6.54. The van der Waals surface area contributed by atoms with Gasteiger partial charge >= 0.3 is 0 Å². The molecule has 1 fully saturated rings. The van der Waals surface area contributed by atoms with E-state index in [9.17, 15) is 4.79 Å². The molecule has 0 spiro atoms. The Kier molecular flexibility index (Phi) is 6.04. The van der Waals surface area contributed by atoms with Crippen LogP contribution < -0.4 is 0 Å². The van der Waals surface area contributed by atoms with Gasteiger partial charge in [0.25, 0.3) is 0 Å². The molecule has 0 N–H and O–H groups in total. The normalized spacial score (nSPS) is 17.2. The van der Waals surface area contributed by atoms with Gasteiger partial charge in [-0.3, -0.25) is 4.79 Å². The second kappa shape index (κ2) is 8.45. The van der Waals surface area contributed by atoms with Gasteiger partial charge in [0.05, 0.1) is 11.8 Å². The Morgan fingerprint density at radius 3 is 2.64 bits per heavy atom. The first kappa shape index (κ1) is 17.9. The van der Waals surface area contributed by atoms with Crippen molar-refractivity contribution in [3.63, 3.8) is 0 Å². The SMILES string of the molecule is CN(C)Cc1ccc(C2CCCN2C(=O)CSc2ncccn2)cc1. The predicted molar refractivity (Wildman–Crippen MR) is 100 cm³/mol. The van der Waals surface area contributed by atoms with Crippen molar-refractivity contribution >= 4 is 17.7 Å². The summed E-state index contributed by atoms with van der Waals surface area (Å²) >= 11 is 1.40. The highest BCUT2D eigenvalue weighted by Gasteiger charge is 2.29. The molecule has 1 unspecified atom stereocenters. The minimum Gasteiger partial charge on any atom is -0.335 e. The van der Waals surface area contributed by atoms with E-state index in [1.54, 1.807) is 18.5 Å². The molecular formula is C19H24N4OS. The topological polar surface area (TPSA) is 49.3 Å². The van der Waals surface area contributed by atoms with Gasteiger partial charge in [-0.2, -0.15) is 0 Å². The summed E-state index contributed by atoms with van der Waals surface area (Å²) in [6, 6.07) is 10.7. The molecule has 132 valence electrons. The van der Waals surface area contributed by atoms with E-state index < -0.39 is 0 Å². The molecule has 1 aromatic carbocycles. The summed E-state index contributed by atoms with van der Waals surface area (Å²) in [5.41, 5.74) is 2.52. The van der Waals surface area contributed by atoms with Crippen molar-refractivity contribution in [1.29, 1.82) is 0 Å². The van der Waals surface area contributed by atoms with Crippen molar-refractivity contribution in [3.8, 4) is 0 Å². The minimum atomic E-state index is 0.164. The van der Waals surface area contributed by atoms with Crippen LogP contribution in [-0.4, -0.2) is 52.1 Å². The lowest BCUT2D eigenvalue weighted by atomic mass is 10.0. The molecule has 1 amide bonds. The van der Waals surface area contributed by atoms with Gasteiger partial charge in [0.1, 0.15) is 0 Å². The third kappa shape index (κ3) is 4.80. The fourth-order valence-electron chi connectivity index (χ4n) is 3.19. The Hall–Kier alpha value is -1.92. The summed E-state index contributed by atoms with van der Waals surface area (Å²) in [6.07, 6.45) is 5.50. The molecule has 0 aliphatic carbocycles. The lowest BCUT2D eigenvalue weighted by Crippen LogP contribution is -2.32. The summed E-state index contributed by atoms with van der Waals surface area (Å²) < 4.78 is 0. The highest BCUT2D eigenvalue weighted by Crippen LogP contribution is 2.32. The zero-order valence-corrected chi connectivity index (χ0v) is 15.6. The van der Waals surface area contributed by atoms with Gasteiger partial charge in [0.2, 0.25) is 5.91 Å². The maximum Gasteiger partial charge on any atom is 0.233 e. The number of aromatic nitrogens is 2. The van der Waals surface area contributed by atoms with Gasteiger partial charge in [0, 0.05) is 25.5 Å². The van der Waals surface area contributed by atoms with E-state index in [0.29, 0.717) is 10.9 Å². The van der Waals surface area contributed by atoms with Gasteiger partial charge in [-0.15, -0.1) is 0 Å². The van der Waals surface area contributed by atoms with Gasteiger partial charge in [-0.1, -0.05) is 36.0 Å². The first-order valence-corrected chi connectivity index (χ1v) is 9.55. The third-order valence-electron chi connectivity index (χ3n) is 4.30. The number of carbonyl (C=O) groups excluding carboxylic acids is 1. The molecule has 6 heteroatoms. The average molecular weight is 356 g/mol. The Balaban J connectivity index is 1.62. The molecule has 3 rings (SSSR count). The lowest BCUT2D eigenvalue weighted by Gasteiger charge is -2.25. The van der Waals surface area contributed by atoms with Crippen LogP contribution in [0.4, 0.5) is 0 Å². The van der Waals surface area contributed by atoms with Crippen molar-refractivity contribution in [2.45, 2.75) is 30.6 Å². The van der Waals surface area contributed by atoms with Crippen molar-refractivity contribution in [2.75, 3.05) is 26.4 Å². The summed E-state index contributed by atoms with van der Waals surface area (Å²) in [7, 11) is 4.14. The zero-order valence-electron chi connectivity index (χ0n) is 14.8. The van der Waals surface area contributed by atoms with Crippen LogP contribution in [0.1, 0.15) is 30.0 Å². The predicted octanol–water partition coefficient (Wildman–Crippen LogP) is 2.99. The van der Waals surface area contributed by atoms with Crippen molar-refractivity contribution in [3.05, 3.63) is 53.9 Å². The molecule has 2 heterocycles. The number of rotatable bonds is 6. The van der Waals surface area contributed by atoms with Gasteiger partial charge in [0.15, 0.2) is 5.16 Å². The molecule has 25 heavy (non-hydrogen) atoms. The van der Waals surface area contributed by atoms with Crippen LogP contribution >= 0.6 is 11.8 Å². The van der Waals surface area contributed by atoms with Crippen molar-refractivity contribution in [1.82, 2.24) is 19.8 Å². The molecule has 1 aliphatic heterocycles. The maximum absolute atomic E-state index is 12.7. The Bertz CT molecular complexity index is 690. The minimum absolute atomic E-state index is 0.164. The molecule has 2 aromatic rings. The molecule has 1 atom stereocenters. The Morgan fingerprint density at radius 2 is 1.96 bits per heavy atom. The van der Waals surface area contributed by atoms with Crippen LogP contribution in [-0.2, 0) is 11.3 Å². The first-order chi connectivity index (χ1) is 12.1. The molecular weight excluding hydrogens is 332 g/mol. The quantitative estimate of drug-likeness (QED) is 0.588. The number of hydrogen-bond acceptors (Lipinski definition) is 5. The Morgan fingerprint density at radius 1 is 1.24 bits per heavy atom. The molecule has 1 saturated heterocycles. The number of nitrogens with zero attached hydrogens (tertiary/aromatic N) is 4. The summed E-state index contributed by atoms with van der Waals surface area (Å²) in [6.45, 7) is 1.76. The first-order valence-electron chi connectivity index (χ1n) is 8.56. The van der Waals surface area contributed by atoms with E-state index in [-0.39, 0.29) is 11.9 Å². The summed E-state index contributed by atoms with van der Waals surface area (Å²) in [4.78, 5) is 25.2. The van der Waals surface area contributed by atoms with Crippen molar-refractivity contribution in [2.24, 2.45) is 0 Å².